The summed E-state index contributed by atoms with van der Waals surface area (Å²) in [5, 5.41) is 7.27. The number of aryl methyl sites for hydroxylation is 1. The maximum Gasteiger partial charge on any atom is 0.410 e. The molecule has 3 aliphatic rings. The molecule has 2 amide bonds. The number of likely N-dealkylation sites (tertiary alicyclic amines) is 1. The lowest BCUT2D eigenvalue weighted by atomic mass is 9.92. The smallest absolute Gasteiger partial charge is 0.410 e. The van der Waals surface area contributed by atoms with E-state index in [-0.39, 0.29) is 24.5 Å². The molecule has 0 radical (unpaired) electrons. The topological polar surface area (TPSA) is 101 Å². The number of hydrogen-bond acceptors (Lipinski definition) is 7. The normalized spacial score (nSPS) is 25.6. The molecule has 0 aromatic carbocycles. The first kappa shape index (κ1) is 17.3. The molecule has 1 aromatic rings. The van der Waals surface area contributed by atoms with Gasteiger partial charge in [-0.15, -0.1) is 0 Å². The minimum absolute atomic E-state index is 0.0437. The van der Waals surface area contributed by atoms with Gasteiger partial charge in [-0.3, -0.25) is 9.69 Å². The van der Waals surface area contributed by atoms with Crippen molar-refractivity contribution in [3.05, 3.63) is 11.7 Å². The van der Waals surface area contributed by atoms with Gasteiger partial charge in [-0.05, 0) is 25.9 Å². The average molecular weight is 363 g/mol. The first-order valence-electron chi connectivity index (χ1n) is 9.31. The van der Waals surface area contributed by atoms with Crippen molar-refractivity contribution in [3.63, 3.8) is 0 Å². The first-order chi connectivity index (χ1) is 12.5. The van der Waals surface area contributed by atoms with Gasteiger partial charge in [0.1, 0.15) is 12.1 Å². The highest BCUT2D eigenvalue weighted by Gasteiger charge is 2.46. The molecule has 9 nitrogen and oxygen atoms in total. The van der Waals surface area contributed by atoms with Crippen molar-refractivity contribution in [2.45, 2.75) is 44.1 Å². The standard InChI is InChI=1S/C17H25N5O4/c1-12-19-15(20-26-12)13-3-2-8-21(9-13)14(23)10-22-11-17(25-16(22)24)4-6-18-7-5-17/h13,18H,2-11H2,1H3/t13-/m1/s1. The highest BCUT2D eigenvalue weighted by Crippen LogP contribution is 2.31. The summed E-state index contributed by atoms with van der Waals surface area (Å²) < 4.78 is 10.7. The molecule has 0 aliphatic carbocycles. The van der Waals surface area contributed by atoms with Gasteiger partial charge in [-0.1, -0.05) is 5.16 Å². The predicted molar refractivity (Wildman–Crippen MR) is 90.5 cm³/mol. The fourth-order valence-corrected chi connectivity index (χ4v) is 4.12. The van der Waals surface area contributed by atoms with Crippen LogP contribution in [-0.2, 0) is 9.53 Å². The Morgan fingerprint density at radius 1 is 1.38 bits per heavy atom. The lowest BCUT2D eigenvalue weighted by Gasteiger charge is -2.33. The van der Waals surface area contributed by atoms with Gasteiger partial charge >= 0.3 is 6.09 Å². The molecule has 4 heterocycles. The number of nitrogens with zero attached hydrogens (tertiary/aromatic N) is 4. The van der Waals surface area contributed by atoms with Crippen molar-refractivity contribution in [1.82, 2.24) is 25.3 Å². The zero-order valence-corrected chi connectivity index (χ0v) is 15.1. The number of ether oxygens (including phenoxy) is 1. The van der Waals surface area contributed by atoms with Gasteiger partial charge < -0.3 is 19.5 Å². The molecule has 0 saturated carbocycles. The molecule has 142 valence electrons. The van der Waals surface area contributed by atoms with Crippen LogP contribution in [0.2, 0.25) is 0 Å². The largest absolute Gasteiger partial charge is 0.441 e. The van der Waals surface area contributed by atoms with E-state index in [2.05, 4.69) is 15.5 Å². The third-order valence-electron chi connectivity index (χ3n) is 5.56. The van der Waals surface area contributed by atoms with E-state index in [0.29, 0.717) is 31.3 Å². The Kier molecular flexibility index (Phi) is 4.56. The van der Waals surface area contributed by atoms with Crippen LogP contribution >= 0.6 is 0 Å². The molecule has 1 spiro atoms. The molecule has 9 heteroatoms. The second kappa shape index (κ2) is 6.86. The van der Waals surface area contributed by atoms with Crippen LogP contribution in [0.5, 0.6) is 0 Å². The second-order valence-corrected chi connectivity index (χ2v) is 7.51. The molecule has 1 N–H and O–H groups in total. The summed E-state index contributed by atoms with van der Waals surface area (Å²) in [7, 11) is 0. The number of aromatic nitrogens is 2. The minimum atomic E-state index is -0.421. The Morgan fingerprint density at radius 2 is 2.19 bits per heavy atom. The molecular weight excluding hydrogens is 338 g/mol. The van der Waals surface area contributed by atoms with Crippen LogP contribution in [0.1, 0.15) is 43.3 Å². The lowest BCUT2D eigenvalue weighted by Crippen LogP contribution is -2.47. The van der Waals surface area contributed by atoms with E-state index in [1.54, 1.807) is 16.7 Å². The van der Waals surface area contributed by atoms with Gasteiger partial charge in [-0.25, -0.2) is 4.79 Å². The van der Waals surface area contributed by atoms with Crippen molar-refractivity contribution >= 4 is 12.0 Å². The SMILES string of the molecule is Cc1nc([C@@H]2CCCN(C(=O)CN3CC4(CCNCC4)OC3=O)C2)no1. The molecule has 1 atom stereocenters. The van der Waals surface area contributed by atoms with E-state index in [1.165, 1.54) is 0 Å². The second-order valence-electron chi connectivity index (χ2n) is 7.51. The van der Waals surface area contributed by atoms with E-state index in [4.69, 9.17) is 9.26 Å². The highest BCUT2D eigenvalue weighted by atomic mass is 16.6. The van der Waals surface area contributed by atoms with Crippen LogP contribution in [0.15, 0.2) is 4.52 Å². The number of hydrogen-bond donors (Lipinski definition) is 1. The number of piperidine rings is 2. The number of nitrogens with one attached hydrogen (secondary N) is 1. The van der Waals surface area contributed by atoms with E-state index in [1.807, 2.05) is 0 Å². The van der Waals surface area contributed by atoms with Gasteiger partial charge in [0.2, 0.25) is 11.8 Å². The van der Waals surface area contributed by atoms with E-state index in [0.717, 1.165) is 38.8 Å². The summed E-state index contributed by atoms with van der Waals surface area (Å²) in [6.45, 7) is 5.28. The zero-order chi connectivity index (χ0) is 18.1. The molecule has 1 aromatic heterocycles. The summed E-state index contributed by atoms with van der Waals surface area (Å²) in [5.74, 6) is 1.24. The molecule has 0 unspecified atom stereocenters. The van der Waals surface area contributed by atoms with Crippen LogP contribution < -0.4 is 5.32 Å². The summed E-state index contributed by atoms with van der Waals surface area (Å²) in [6.07, 6.45) is 3.05. The minimum Gasteiger partial charge on any atom is -0.441 e. The summed E-state index contributed by atoms with van der Waals surface area (Å²) in [6, 6.07) is 0. The summed E-state index contributed by atoms with van der Waals surface area (Å²) in [4.78, 5) is 32.6. The zero-order valence-electron chi connectivity index (χ0n) is 15.1. The average Bonchev–Trinajstić information content (AvgIpc) is 3.19. The van der Waals surface area contributed by atoms with E-state index >= 15 is 0 Å². The molecule has 3 fully saturated rings. The third kappa shape index (κ3) is 3.40. The van der Waals surface area contributed by atoms with Gasteiger partial charge in [-0.2, -0.15) is 4.98 Å². The molecular formula is C17H25N5O4. The van der Waals surface area contributed by atoms with Gasteiger partial charge in [0, 0.05) is 38.8 Å². The fourth-order valence-electron chi connectivity index (χ4n) is 4.12. The van der Waals surface area contributed by atoms with Crippen LogP contribution in [-0.4, -0.2) is 76.8 Å². The van der Waals surface area contributed by atoms with Crippen molar-refractivity contribution in [1.29, 1.82) is 0 Å². The predicted octanol–water partition coefficient (Wildman–Crippen LogP) is 0.658. The quantitative estimate of drug-likeness (QED) is 0.842. The summed E-state index contributed by atoms with van der Waals surface area (Å²) >= 11 is 0. The highest BCUT2D eigenvalue weighted by molar-refractivity contribution is 5.83. The lowest BCUT2D eigenvalue weighted by molar-refractivity contribution is -0.133. The maximum atomic E-state index is 12.8. The Bertz CT molecular complexity index is 684. The molecule has 26 heavy (non-hydrogen) atoms. The number of carbonyl (C=O) groups excluding carboxylic acids is 2. The molecule has 3 saturated heterocycles. The third-order valence-corrected chi connectivity index (χ3v) is 5.56. The van der Waals surface area contributed by atoms with Gasteiger partial charge in [0.05, 0.1) is 6.54 Å². The van der Waals surface area contributed by atoms with Crippen LogP contribution in [0.4, 0.5) is 4.79 Å². The fraction of sp³-hybridized carbons (Fsp3) is 0.765. The Labute approximate surface area is 152 Å². The molecule has 3 aliphatic heterocycles. The maximum absolute atomic E-state index is 12.8. The monoisotopic (exact) mass is 363 g/mol. The number of amides is 2. The van der Waals surface area contributed by atoms with E-state index < -0.39 is 5.60 Å². The van der Waals surface area contributed by atoms with Gasteiger partial charge in [0.15, 0.2) is 5.82 Å². The van der Waals surface area contributed by atoms with Crippen molar-refractivity contribution in [2.75, 3.05) is 39.3 Å². The van der Waals surface area contributed by atoms with Crippen LogP contribution in [0.25, 0.3) is 0 Å². The Hall–Kier alpha value is -2.16. The Balaban J connectivity index is 1.36. The number of rotatable bonds is 3. The Morgan fingerprint density at radius 3 is 2.92 bits per heavy atom. The first-order valence-corrected chi connectivity index (χ1v) is 9.31. The van der Waals surface area contributed by atoms with Crippen LogP contribution in [0.3, 0.4) is 0 Å². The number of carbonyl (C=O) groups is 2. The van der Waals surface area contributed by atoms with Crippen molar-refractivity contribution in [2.24, 2.45) is 0 Å². The molecule has 4 rings (SSSR count). The van der Waals surface area contributed by atoms with Crippen LogP contribution in [0, 0.1) is 6.92 Å². The van der Waals surface area contributed by atoms with Crippen molar-refractivity contribution in [3.8, 4) is 0 Å². The van der Waals surface area contributed by atoms with Crippen molar-refractivity contribution < 1.29 is 18.8 Å². The van der Waals surface area contributed by atoms with Gasteiger partial charge in [0.25, 0.3) is 0 Å². The molecule has 0 bridgehead atoms. The summed E-state index contributed by atoms with van der Waals surface area (Å²) in [5.41, 5.74) is -0.421. The van der Waals surface area contributed by atoms with E-state index in [9.17, 15) is 9.59 Å².